The van der Waals surface area contributed by atoms with Gasteiger partial charge in [0.05, 0.1) is 0 Å². The summed E-state index contributed by atoms with van der Waals surface area (Å²) in [6.07, 6.45) is 2.33. The van der Waals surface area contributed by atoms with E-state index in [-0.39, 0.29) is 11.9 Å². The Morgan fingerprint density at radius 2 is 1.81 bits per heavy atom. The van der Waals surface area contributed by atoms with Crippen molar-refractivity contribution in [1.29, 1.82) is 0 Å². The zero-order chi connectivity index (χ0) is 21.6. The molecule has 2 aromatic carbocycles. The molecule has 1 aliphatic rings. The maximum absolute atomic E-state index is 12.4. The van der Waals surface area contributed by atoms with Crippen LogP contribution in [0.1, 0.15) is 21.5 Å². The van der Waals surface area contributed by atoms with Crippen LogP contribution in [0.15, 0.2) is 48.7 Å². The first-order valence-electron chi connectivity index (χ1n) is 9.96. The molecule has 1 aromatic heterocycles. The molecular weight excluding hydrogens is 396 g/mol. The average molecular weight is 420 g/mol. The molecule has 0 spiro atoms. The Labute approximate surface area is 179 Å². The van der Waals surface area contributed by atoms with Gasteiger partial charge in [-0.1, -0.05) is 12.1 Å². The third-order valence-corrected chi connectivity index (χ3v) is 4.86. The van der Waals surface area contributed by atoms with Crippen LogP contribution >= 0.6 is 0 Å². The molecule has 0 atom stereocenters. The van der Waals surface area contributed by atoms with Crippen molar-refractivity contribution in [3.05, 3.63) is 65.4 Å². The summed E-state index contributed by atoms with van der Waals surface area (Å²) in [4.78, 5) is 20.3. The van der Waals surface area contributed by atoms with Crippen LogP contribution in [0.3, 0.4) is 0 Å². The quantitative estimate of drug-likeness (QED) is 0.455. The molecule has 0 saturated carbocycles. The van der Waals surface area contributed by atoms with Crippen molar-refractivity contribution >= 4 is 23.4 Å². The predicted octanol–water partition coefficient (Wildman–Crippen LogP) is 2.00. The summed E-state index contributed by atoms with van der Waals surface area (Å²) in [6.45, 7) is 2.04. The number of fused-ring (bicyclic) bond motifs is 1. The second-order valence-corrected chi connectivity index (χ2v) is 7.05. The molecular formula is C22H24N6O3. The molecule has 1 aliphatic heterocycles. The number of nitrogens with zero attached hydrogens (tertiary/aromatic N) is 2. The molecule has 0 aliphatic carbocycles. The number of benzene rings is 2. The highest BCUT2D eigenvalue weighted by Gasteiger charge is 2.14. The molecule has 1 amide bonds. The van der Waals surface area contributed by atoms with Crippen LogP contribution in [0.5, 0.6) is 11.5 Å². The highest BCUT2D eigenvalue weighted by Crippen LogP contribution is 2.30. The molecule has 0 bridgehead atoms. The predicted molar refractivity (Wildman–Crippen MR) is 118 cm³/mol. The van der Waals surface area contributed by atoms with Crippen LogP contribution in [0.2, 0.25) is 0 Å². The third-order valence-electron chi connectivity index (χ3n) is 4.86. The van der Waals surface area contributed by atoms with Crippen LogP contribution < -0.4 is 31.6 Å². The molecule has 0 unspecified atom stereocenters. The maximum atomic E-state index is 12.4. The lowest BCUT2D eigenvalue weighted by molar-refractivity contribution is 0.0953. The zero-order valence-electron chi connectivity index (χ0n) is 16.9. The molecule has 2 heterocycles. The molecule has 0 fully saturated rings. The minimum Gasteiger partial charge on any atom is -0.486 e. The Bertz CT molecular complexity index is 1070. The molecule has 4 rings (SSSR count). The number of nitrogen functional groups attached to an aromatic ring is 2. The number of carbonyl (C=O) groups is 1. The molecule has 3 aromatic rings. The van der Waals surface area contributed by atoms with E-state index in [0.717, 1.165) is 23.2 Å². The average Bonchev–Trinajstić information content (AvgIpc) is 2.79. The van der Waals surface area contributed by atoms with Crippen molar-refractivity contribution in [3.8, 4) is 11.5 Å². The summed E-state index contributed by atoms with van der Waals surface area (Å²) < 4.78 is 11.0. The van der Waals surface area contributed by atoms with E-state index in [1.165, 1.54) is 0 Å². The van der Waals surface area contributed by atoms with E-state index in [0.29, 0.717) is 49.2 Å². The van der Waals surface area contributed by atoms with E-state index in [4.69, 9.17) is 20.9 Å². The van der Waals surface area contributed by atoms with E-state index in [1.54, 1.807) is 24.4 Å². The van der Waals surface area contributed by atoms with Gasteiger partial charge >= 0.3 is 0 Å². The fourth-order valence-corrected chi connectivity index (χ4v) is 3.16. The first-order valence-corrected chi connectivity index (χ1v) is 9.96. The largest absolute Gasteiger partial charge is 0.486 e. The number of hydrogen-bond acceptors (Lipinski definition) is 8. The Hall–Kier alpha value is -4.01. The molecule has 0 saturated heterocycles. The van der Waals surface area contributed by atoms with E-state index < -0.39 is 0 Å². The van der Waals surface area contributed by atoms with Gasteiger partial charge in [0.15, 0.2) is 11.5 Å². The lowest BCUT2D eigenvalue weighted by Crippen LogP contribution is -2.26. The van der Waals surface area contributed by atoms with Gasteiger partial charge in [-0.25, -0.2) is 4.98 Å². The number of carbonyl (C=O) groups excluding carboxylic acids is 1. The summed E-state index contributed by atoms with van der Waals surface area (Å²) in [6, 6.07) is 13.2. The number of nitrogens with one attached hydrogen (secondary N) is 2. The maximum Gasteiger partial charge on any atom is 0.251 e. The second kappa shape index (κ2) is 9.21. The Morgan fingerprint density at radius 3 is 2.58 bits per heavy atom. The van der Waals surface area contributed by atoms with Gasteiger partial charge in [-0.2, -0.15) is 4.98 Å². The number of anilines is 3. The SMILES string of the molecule is Nc1ncc(CNc2ccc(CCNC(=O)c3ccc4c(c3)OCCO4)cc2)c(N)n1. The summed E-state index contributed by atoms with van der Waals surface area (Å²) >= 11 is 0. The molecule has 9 heteroatoms. The van der Waals surface area contributed by atoms with E-state index in [9.17, 15) is 4.79 Å². The van der Waals surface area contributed by atoms with Gasteiger partial charge in [0.2, 0.25) is 5.95 Å². The van der Waals surface area contributed by atoms with Gasteiger partial charge in [-0.05, 0) is 42.3 Å². The normalized spacial score (nSPS) is 12.3. The summed E-state index contributed by atoms with van der Waals surface area (Å²) in [5.74, 6) is 1.66. The number of aromatic nitrogens is 2. The molecule has 9 nitrogen and oxygen atoms in total. The third kappa shape index (κ3) is 5.13. The lowest BCUT2D eigenvalue weighted by atomic mass is 10.1. The zero-order valence-corrected chi connectivity index (χ0v) is 16.9. The highest BCUT2D eigenvalue weighted by molar-refractivity contribution is 5.94. The van der Waals surface area contributed by atoms with Crippen molar-refractivity contribution in [1.82, 2.24) is 15.3 Å². The smallest absolute Gasteiger partial charge is 0.251 e. The number of amides is 1. The Balaban J connectivity index is 1.25. The van der Waals surface area contributed by atoms with E-state index in [2.05, 4.69) is 20.6 Å². The van der Waals surface area contributed by atoms with Crippen LogP contribution in [0.4, 0.5) is 17.5 Å². The lowest BCUT2D eigenvalue weighted by Gasteiger charge is -2.18. The molecule has 160 valence electrons. The number of ether oxygens (including phenoxy) is 2. The van der Waals surface area contributed by atoms with Gasteiger partial charge in [-0.15, -0.1) is 0 Å². The minimum absolute atomic E-state index is 0.140. The van der Waals surface area contributed by atoms with Crippen LogP contribution in [0, 0.1) is 0 Å². The highest BCUT2D eigenvalue weighted by atomic mass is 16.6. The van der Waals surface area contributed by atoms with Crippen molar-refractivity contribution in [2.24, 2.45) is 0 Å². The van der Waals surface area contributed by atoms with Gasteiger partial charge in [-0.3, -0.25) is 4.79 Å². The van der Waals surface area contributed by atoms with Crippen molar-refractivity contribution in [2.45, 2.75) is 13.0 Å². The van der Waals surface area contributed by atoms with Crippen LogP contribution in [0.25, 0.3) is 0 Å². The first-order chi connectivity index (χ1) is 15.1. The Kier molecular flexibility index (Phi) is 6.02. The van der Waals surface area contributed by atoms with Crippen LogP contribution in [-0.4, -0.2) is 35.6 Å². The molecule has 0 radical (unpaired) electrons. The summed E-state index contributed by atoms with van der Waals surface area (Å²) in [5.41, 5.74) is 14.7. The van der Waals surface area contributed by atoms with Crippen LogP contribution in [-0.2, 0) is 13.0 Å². The van der Waals surface area contributed by atoms with Crippen molar-refractivity contribution < 1.29 is 14.3 Å². The number of rotatable bonds is 7. The minimum atomic E-state index is -0.140. The fraction of sp³-hybridized carbons (Fsp3) is 0.227. The fourth-order valence-electron chi connectivity index (χ4n) is 3.16. The summed E-state index contributed by atoms with van der Waals surface area (Å²) in [5, 5.41) is 6.21. The van der Waals surface area contributed by atoms with Gasteiger partial charge < -0.3 is 31.6 Å². The van der Waals surface area contributed by atoms with Crippen molar-refractivity contribution in [2.75, 3.05) is 36.5 Å². The second-order valence-electron chi connectivity index (χ2n) is 7.05. The topological polar surface area (TPSA) is 137 Å². The number of nitrogens with two attached hydrogens (primary N) is 2. The standard InChI is InChI=1S/C22H24N6O3/c23-20-16(13-27-22(24)28-20)12-26-17-4-1-14(2-5-17)7-8-25-21(29)15-3-6-18-19(11-15)31-10-9-30-18/h1-6,11,13,26H,7-10,12H2,(H,25,29)(H4,23,24,27,28). The molecule has 6 N–H and O–H groups in total. The monoisotopic (exact) mass is 420 g/mol. The van der Waals surface area contributed by atoms with E-state index in [1.807, 2.05) is 24.3 Å². The molecule has 31 heavy (non-hydrogen) atoms. The van der Waals surface area contributed by atoms with Gasteiger partial charge in [0.1, 0.15) is 19.0 Å². The number of hydrogen-bond donors (Lipinski definition) is 4. The van der Waals surface area contributed by atoms with E-state index >= 15 is 0 Å². The van der Waals surface area contributed by atoms with Gasteiger partial charge in [0.25, 0.3) is 5.91 Å². The Morgan fingerprint density at radius 1 is 1.03 bits per heavy atom. The summed E-state index contributed by atoms with van der Waals surface area (Å²) in [7, 11) is 0. The van der Waals surface area contributed by atoms with Gasteiger partial charge in [0, 0.05) is 36.1 Å². The first kappa shape index (κ1) is 20.3. The van der Waals surface area contributed by atoms with Crippen molar-refractivity contribution in [3.63, 3.8) is 0 Å².